The molecule has 1 heterocycles. The number of aromatic nitrogens is 1. The predicted molar refractivity (Wildman–Crippen MR) is 73.8 cm³/mol. The molecule has 3 rings (SSSR count). The van der Waals surface area contributed by atoms with E-state index in [1.165, 1.54) is 25.7 Å². The van der Waals surface area contributed by atoms with Crippen LogP contribution in [0.1, 0.15) is 25.7 Å². The quantitative estimate of drug-likeness (QED) is 0.876. The lowest BCUT2D eigenvalue weighted by Crippen LogP contribution is -2.19. The van der Waals surface area contributed by atoms with Gasteiger partial charge in [0.1, 0.15) is 5.82 Å². The third-order valence-electron chi connectivity index (χ3n) is 3.82. The maximum Gasteiger partial charge on any atom is 0.140 e. The standard InChI is InChI=1S/C13H18BrN3/c14-12-5-10(15)6-16-13(12)17-7-11(8-1-2-8)9-3-4-9/h5-6,8-9,11H,1-4,7,15H2,(H,16,17). The molecule has 0 atom stereocenters. The van der Waals surface area contributed by atoms with Gasteiger partial charge in [-0.1, -0.05) is 0 Å². The van der Waals surface area contributed by atoms with Crippen LogP contribution < -0.4 is 11.1 Å². The number of rotatable bonds is 5. The Morgan fingerprint density at radius 2 is 2.00 bits per heavy atom. The fourth-order valence-electron chi connectivity index (χ4n) is 2.56. The largest absolute Gasteiger partial charge is 0.397 e. The van der Waals surface area contributed by atoms with Crippen LogP contribution in [0.2, 0.25) is 0 Å². The zero-order chi connectivity index (χ0) is 11.8. The Morgan fingerprint density at radius 3 is 2.53 bits per heavy atom. The summed E-state index contributed by atoms with van der Waals surface area (Å²) < 4.78 is 0.961. The molecule has 2 aliphatic carbocycles. The summed E-state index contributed by atoms with van der Waals surface area (Å²) in [6, 6.07) is 1.90. The fraction of sp³-hybridized carbons (Fsp3) is 0.615. The molecule has 3 nitrogen and oxygen atoms in total. The van der Waals surface area contributed by atoms with Gasteiger partial charge >= 0.3 is 0 Å². The minimum atomic E-state index is 0.698. The maximum absolute atomic E-state index is 5.68. The Hall–Kier alpha value is -0.770. The smallest absolute Gasteiger partial charge is 0.140 e. The second-order valence-corrected chi connectivity index (χ2v) is 6.17. The third-order valence-corrected chi connectivity index (χ3v) is 4.43. The van der Waals surface area contributed by atoms with E-state index in [9.17, 15) is 0 Å². The number of hydrogen-bond acceptors (Lipinski definition) is 3. The molecule has 1 aromatic rings. The van der Waals surface area contributed by atoms with Crippen LogP contribution in [0.25, 0.3) is 0 Å². The summed E-state index contributed by atoms with van der Waals surface area (Å²) in [5, 5.41) is 3.47. The summed E-state index contributed by atoms with van der Waals surface area (Å²) in [5.74, 6) is 3.73. The third kappa shape index (κ3) is 2.73. The second-order valence-electron chi connectivity index (χ2n) is 5.32. The minimum Gasteiger partial charge on any atom is -0.397 e. The molecule has 0 unspecified atom stereocenters. The number of pyridine rings is 1. The Bertz CT molecular complexity index is 401. The zero-order valence-corrected chi connectivity index (χ0v) is 11.4. The van der Waals surface area contributed by atoms with E-state index in [1.807, 2.05) is 6.07 Å². The van der Waals surface area contributed by atoms with Gasteiger partial charge in [-0.3, -0.25) is 0 Å². The van der Waals surface area contributed by atoms with Crippen molar-refractivity contribution in [2.75, 3.05) is 17.6 Å². The molecule has 17 heavy (non-hydrogen) atoms. The van der Waals surface area contributed by atoms with Crippen molar-refractivity contribution in [1.82, 2.24) is 4.98 Å². The summed E-state index contributed by atoms with van der Waals surface area (Å²) in [6.45, 7) is 1.06. The Kier molecular flexibility index (Phi) is 2.99. The van der Waals surface area contributed by atoms with Crippen molar-refractivity contribution in [3.8, 4) is 0 Å². The van der Waals surface area contributed by atoms with Gasteiger partial charge in [0, 0.05) is 6.54 Å². The molecule has 1 aromatic heterocycles. The lowest BCUT2D eigenvalue weighted by molar-refractivity contribution is 0.427. The Morgan fingerprint density at radius 1 is 1.35 bits per heavy atom. The Labute approximate surface area is 110 Å². The molecule has 0 aromatic carbocycles. The first-order valence-corrected chi connectivity index (χ1v) is 7.18. The lowest BCUT2D eigenvalue weighted by atomic mass is 9.98. The van der Waals surface area contributed by atoms with E-state index in [0.717, 1.165) is 34.6 Å². The fourth-order valence-corrected chi connectivity index (χ4v) is 3.07. The minimum absolute atomic E-state index is 0.698. The number of halogens is 1. The van der Waals surface area contributed by atoms with Crippen LogP contribution in [-0.4, -0.2) is 11.5 Å². The highest BCUT2D eigenvalue weighted by molar-refractivity contribution is 9.10. The van der Waals surface area contributed by atoms with Crippen molar-refractivity contribution in [2.45, 2.75) is 25.7 Å². The van der Waals surface area contributed by atoms with Crippen molar-refractivity contribution in [3.05, 3.63) is 16.7 Å². The highest BCUT2D eigenvalue weighted by Crippen LogP contribution is 2.49. The monoisotopic (exact) mass is 295 g/mol. The van der Waals surface area contributed by atoms with Gasteiger partial charge in [0.05, 0.1) is 16.4 Å². The molecule has 0 spiro atoms. The molecule has 0 amide bonds. The van der Waals surface area contributed by atoms with Gasteiger partial charge in [-0.15, -0.1) is 0 Å². The van der Waals surface area contributed by atoms with Crippen LogP contribution >= 0.6 is 15.9 Å². The van der Waals surface area contributed by atoms with Gasteiger partial charge < -0.3 is 11.1 Å². The first kappa shape index (κ1) is 11.3. The average Bonchev–Trinajstić information content (AvgIpc) is 3.15. The molecule has 2 saturated carbocycles. The van der Waals surface area contributed by atoms with Gasteiger partial charge in [0.15, 0.2) is 0 Å². The van der Waals surface area contributed by atoms with Crippen LogP contribution in [0.5, 0.6) is 0 Å². The SMILES string of the molecule is Nc1cnc(NCC(C2CC2)C2CC2)c(Br)c1. The van der Waals surface area contributed by atoms with E-state index in [0.29, 0.717) is 5.69 Å². The van der Waals surface area contributed by atoms with Crippen molar-refractivity contribution >= 4 is 27.4 Å². The van der Waals surface area contributed by atoms with Crippen LogP contribution in [0.4, 0.5) is 11.5 Å². The molecule has 92 valence electrons. The number of nitrogens with two attached hydrogens (primary N) is 1. The maximum atomic E-state index is 5.68. The van der Waals surface area contributed by atoms with Gasteiger partial charge in [-0.05, 0) is 65.4 Å². The average molecular weight is 296 g/mol. The van der Waals surface area contributed by atoms with E-state index in [1.54, 1.807) is 6.20 Å². The summed E-state index contributed by atoms with van der Waals surface area (Å²) >= 11 is 3.50. The van der Waals surface area contributed by atoms with Crippen LogP contribution in [0.3, 0.4) is 0 Å². The molecular weight excluding hydrogens is 278 g/mol. The first-order chi connectivity index (χ1) is 8.24. The second kappa shape index (κ2) is 4.48. The van der Waals surface area contributed by atoms with Gasteiger partial charge in [0.2, 0.25) is 0 Å². The van der Waals surface area contributed by atoms with Crippen molar-refractivity contribution in [3.63, 3.8) is 0 Å². The topological polar surface area (TPSA) is 50.9 Å². The molecule has 2 fully saturated rings. The van der Waals surface area contributed by atoms with Crippen LogP contribution in [0.15, 0.2) is 16.7 Å². The highest BCUT2D eigenvalue weighted by atomic mass is 79.9. The summed E-state index contributed by atoms with van der Waals surface area (Å²) in [6.07, 6.45) is 7.42. The lowest BCUT2D eigenvalue weighted by Gasteiger charge is -2.17. The zero-order valence-electron chi connectivity index (χ0n) is 9.82. The summed E-state index contributed by atoms with van der Waals surface area (Å²) in [5.41, 5.74) is 6.38. The predicted octanol–water partition coefficient (Wildman–Crippen LogP) is 3.27. The molecule has 4 heteroatoms. The Balaban J connectivity index is 1.62. The molecule has 3 N–H and O–H groups in total. The van der Waals surface area contributed by atoms with Gasteiger partial charge in [0.25, 0.3) is 0 Å². The van der Waals surface area contributed by atoms with Gasteiger partial charge in [-0.2, -0.15) is 0 Å². The summed E-state index contributed by atoms with van der Waals surface area (Å²) in [4.78, 5) is 4.33. The van der Waals surface area contributed by atoms with Crippen LogP contribution in [0, 0.1) is 17.8 Å². The van der Waals surface area contributed by atoms with E-state index in [2.05, 4.69) is 26.2 Å². The van der Waals surface area contributed by atoms with Crippen molar-refractivity contribution in [2.24, 2.45) is 17.8 Å². The van der Waals surface area contributed by atoms with Crippen LogP contribution in [-0.2, 0) is 0 Å². The van der Waals surface area contributed by atoms with E-state index in [-0.39, 0.29) is 0 Å². The van der Waals surface area contributed by atoms with Crippen molar-refractivity contribution < 1.29 is 0 Å². The number of anilines is 2. The van der Waals surface area contributed by atoms with Crippen molar-refractivity contribution in [1.29, 1.82) is 0 Å². The van der Waals surface area contributed by atoms with E-state index >= 15 is 0 Å². The molecule has 0 aliphatic heterocycles. The van der Waals surface area contributed by atoms with Gasteiger partial charge in [-0.25, -0.2) is 4.98 Å². The highest BCUT2D eigenvalue weighted by Gasteiger charge is 2.41. The number of nitrogens with one attached hydrogen (secondary N) is 1. The molecule has 0 saturated heterocycles. The number of nitrogens with zero attached hydrogens (tertiary/aromatic N) is 1. The number of nitrogen functional groups attached to an aromatic ring is 1. The summed E-state index contributed by atoms with van der Waals surface area (Å²) in [7, 11) is 0. The van der Waals surface area contributed by atoms with E-state index in [4.69, 9.17) is 5.73 Å². The normalized spacial score (nSPS) is 19.6. The first-order valence-electron chi connectivity index (χ1n) is 6.39. The number of hydrogen-bond donors (Lipinski definition) is 2. The molecule has 0 radical (unpaired) electrons. The van der Waals surface area contributed by atoms with E-state index < -0.39 is 0 Å². The molecule has 2 aliphatic rings. The molecule has 0 bridgehead atoms. The molecular formula is C13H18BrN3.